The summed E-state index contributed by atoms with van der Waals surface area (Å²) in [7, 11) is -10.4. The van der Waals surface area contributed by atoms with Crippen molar-refractivity contribution in [1.82, 2.24) is 4.00 Å². The van der Waals surface area contributed by atoms with Gasteiger partial charge in [-0.25, -0.2) is 0 Å². The average molecular weight is 525 g/mol. The van der Waals surface area contributed by atoms with Crippen LogP contribution < -0.4 is 0 Å². The fourth-order valence-corrected chi connectivity index (χ4v) is 16.0. The molecule has 0 aliphatic carbocycles. The van der Waals surface area contributed by atoms with Gasteiger partial charge in [0.15, 0.2) is 0 Å². The van der Waals surface area contributed by atoms with Gasteiger partial charge in [0.1, 0.15) is 16.5 Å². The molecule has 0 aromatic carbocycles. The molecule has 0 saturated carbocycles. The zero-order valence-electron chi connectivity index (χ0n) is 16.4. The van der Waals surface area contributed by atoms with Crippen LogP contribution >= 0.6 is 8.53 Å². The van der Waals surface area contributed by atoms with E-state index in [1.54, 1.807) is 0 Å². The molecule has 182 valence electrons. The lowest BCUT2D eigenvalue weighted by atomic mass is 10.3. The maximum absolute atomic E-state index is 12.9. The number of hydrogen-bond donors (Lipinski definition) is 0. The van der Waals surface area contributed by atoms with Crippen LogP contribution in [0.3, 0.4) is 0 Å². The fourth-order valence-electron chi connectivity index (χ4n) is 2.41. The Kier molecular flexibility index (Phi) is 9.01. The molecule has 30 heavy (non-hydrogen) atoms. The van der Waals surface area contributed by atoms with E-state index in [4.69, 9.17) is 0 Å². The Morgan fingerprint density at radius 1 is 0.533 bits per heavy atom. The van der Waals surface area contributed by atoms with Crippen LogP contribution in [0, 0.1) is 0 Å². The van der Waals surface area contributed by atoms with Gasteiger partial charge in [-0.1, -0.05) is 39.3 Å². The van der Waals surface area contributed by atoms with Gasteiger partial charge in [-0.3, -0.25) is 13.0 Å². The summed E-state index contributed by atoms with van der Waals surface area (Å²) in [6, 6.07) is 0. The van der Waals surface area contributed by atoms with Crippen molar-refractivity contribution in [2.75, 3.05) is 0 Å². The van der Waals surface area contributed by atoms with Crippen LogP contribution in [0.15, 0.2) is 0 Å². The number of nitrogens with zero attached hydrogens (tertiary/aromatic N) is 1. The van der Waals surface area contributed by atoms with Gasteiger partial charge in [0.2, 0.25) is 8.53 Å². The van der Waals surface area contributed by atoms with Crippen LogP contribution in [0.1, 0.15) is 0 Å². The highest BCUT2D eigenvalue weighted by Gasteiger charge is 2.64. The zero-order valence-corrected chi connectivity index (χ0v) is 19.3. The topological polar surface area (TPSA) is 21.7 Å². The van der Waals surface area contributed by atoms with Crippen LogP contribution in [-0.2, 0) is 9.05 Å². The smallest absolute Gasteiger partial charge is 0.300 e. The first-order valence-corrected chi connectivity index (χ1v) is 15.9. The summed E-state index contributed by atoms with van der Waals surface area (Å²) in [6.07, 6.45) is -33.9. The maximum Gasteiger partial charge on any atom is 0.424 e. The van der Waals surface area contributed by atoms with Crippen LogP contribution in [0.4, 0.5) is 52.7 Å². The van der Waals surface area contributed by atoms with Gasteiger partial charge >= 0.3 is 24.7 Å². The standard InChI is InChI=1S/C12H20F12NO2PSi2/c1-29(2,3)25(30(4,5)6)28(26-7(9(13,14)15)10(16,17)18)27-8(11(19,20)21)12(22,23)24/h7-8H,1-6H3. The molecule has 0 amide bonds. The molecule has 0 rings (SSSR count). The summed E-state index contributed by atoms with van der Waals surface area (Å²) >= 11 is 0. The van der Waals surface area contributed by atoms with E-state index in [2.05, 4.69) is 9.05 Å². The van der Waals surface area contributed by atoms with Crippen LogP contribution in [0.25, 0.3) is 0 Å². The first kappa shape index (κ1) is 29.9. The summed E-state index contributed by atoms with van der Waals surface area (Å²) in [5.41, 5.74) is 0. The van der Waals surface area contributed by atoms with Crippen molar-refractivity contribution in [3.05, 3.63) is 0 Å². The van der Waals surface area contributed by atoms with E-state index >= 15 is 0 Å². The predicted molar refractivity (Wildman–Crippen MR) is 89.4 cm³/mol. The van der Waals surface area contributed by atoms with Gasteiger partial charge < -0.3 is 0 Å². The first-order valence-electron chi connectivity index (χ1n) is 7.91. The third-order valence-corrected chi connectivity index (χ3v) is 15.3. The van der Waals surface area contributed by atoms with Gasteiger partial charge in [0.25, 0.3) is 12.2 Å². The SMILES string of the molecule is C[Si](C)(C)N(P(OC(C(F)(F)F)C(F)(F)F)OC(C(F)(F)F)C(F)(F)F)[Si](C)(C)C. The maximum atomic E-state index is 12.9. The number of rotatable bonds is 7. The van der Waals surface area contributed by atoms with E-state index in [-0.39, 0.29) is 0 Å². The minimum absolute atomic E-state index is 0.754. The van der Waals surface area contributed by atoms with E-state index in [1.807, 2.05) is 0 Å². The lowest BCUT2D eigenvalue weighted by Crippen LogP contribution is -2.58. The molecule has 0 aromatic heterocycles. The van der Waals surface area contributed by atoms with E-state index in [1.165, 1.54) is 39.3 Å². The van der Waals surface area contributed by atoms with Crippen molar-refractivity contribution in [3.8, 4) is 0 Å². The highest BCUT2D eigenvalue weighted by molar-refractivity contribution is 7.50. The Balaban J connectivity index is 6.61. The second kappa shape index (κ2) is 9.04. The van der Waals surface area contributed by atoms with Crippen molar-refractivity contribution in [2.24, 2.45) is 0 Å². The molecule has 0 saturated heterocycles. The molecule has 0 aromatic rings. The summed E-state index contributed by atoms with van der Waals surface area (Å²) in [5, 5.41) is 0. The fraction of sp³-hybridized carbons (Fsp3) is 1.00. The minimum atomic E-state index is -6.15. The molecule has 0 aliphatic heterocycles. The summed E-state index contributed by atoms with van der Waals surface area (Å²) in [6.45, 7) is 7.91. The number of hydrogen-bond acceptors (Lipinski definition) is 3. The van der Waals surface area contributed by atoms with Gasteiger partial charge in [0, 0.05) is 0 Å². The second-order valence-corrected chi connectivity index (χ2v) is 20.1. The van der Waals surface area contributed by atoms with Crippen molar-refractivity contribution in [3.63, 3.8) is 0 Å². The van der Waals surface area contributed by atoms with Gasteiger partial charge in [-0.15, -0.1) is 0 Å². The molecule has 18 heteroatoms. The van der Waals surface area contributed by atoms with E-state index in [0.29, 0.717) is 0 Å². The zero-order chi connectivity index (χ0) is 24.7. The third kappa shape index (κ3) is 8.80. The summed E-state index contributed by atoms with van der Waals surface area (Å²) in [5.74, 6) is 0. The van der Waals surface area contributed by atoms with Gasteiger partial charge in [-0.05, 0) is 0 Å². The van der Waals surface area contributed by atoms with Crippen molar-refractivity contribution < 1.29 is 61.7 Å². The molecular formula is C12H20F12NO2PSi2. The lowest BCUT2D eigenvalue weighted by molar-refractivity contribution is -0.312. The normalized spacial score (nSPS) is 15.8. The summed E-state index contributed by atoms with van der Waals surface area (Å²) < 4.78 is 163. The Morgan fingerprint density at radius 2 is 0.733 bits per heavy atom. The largest absolute Gasteiger partial charge is 0.424 e. The molecule has 0 heterocycles. The highest BCUT2D eigenvalue weighted by atomic mass is 31.2. The van der Waals surface area contributed by atoms with Gasteiger partial charge in [0.05, 0.1) is 0 Å². The Labute approximate surface area is 167 Å². The van der Waals surface area contributed by atoms with Crippen LogP contribution in [0.2, 0.25) is 39.3 Å². The minimum Gasteiger partial charge on any atom is -0.300 e. The molecule has 0 radical (unpaired) electrons. The molecule has 3 nitrogen and oxygen atoms in total. The van der Waals surface area contributed by atoms with Gasteiger partial charge in [-0.2, -0.15) is 52.7 Å². The molecule has 0 fully saturated rings. The second-order valence-electron chi connectivity index (χ2n) is 8.03. The highest BCUT2D eigenvalue weighted by Crippen LogP contribution is 2.57. The monoisotopic (exact) mass is 525 g/mol. The van der Waals surface area contributed by atoms with Crippen molar-refractivity contribution in [2.45, 2.75) is 76.2 Å². The molecule has 0 N–H and O–H groups in total. The molecular weight excluding hydrogens is 505 g/mol. The number of alkyl halides is 12. The molecule has 0 aliphatic rings. The predicted octanol–water partition coefficient (Wildman–Crippen LogP) is 7.20. The average Bonchev–Trinajstić information content (AvgIpc) is 2.32. The molecule has 0 spiro atoms. The Morgan fingerprint density at radius 3 is 0.867 bits per heavy atom. The van der Waals surface area contributed by atoms with Crippen molar-refractivity contribution in [1.29, 1.82) is 0 Å². The first-order chi connectivity index (χ1) is 12.7. The summed E-state index contributed by atoms with van der Waals surface area (Å²) in [4.78, 5) is 0. The quantitative estimate of drug-likeness (QED) is 0.199. The Hall–Kier alpha value is -0.0962. The van der Waals surface area contributed by atoms with E-state index in [0.717, 1.165) is 4.00 Å². The van der Waals surface area contributed by atoms with E-state index < -0.39 is 61.9 Å². The van der Waals surface area contributed by atoms with Crippen molar-refractivity contribution >= 4 is 25.0 Å². The molecule has 0 bridgehead atoms. The molecule has 0 unspecified atom stereocenters. The number of halogens is 12. The lowest BCUT2D eigenvalue weighted by Gasteiger charge is -2.47. The molecule has 0 atom stereocenters. The third-order valence-electron chi connectivity index (χ3n) is 3.01. The van der Waals surface area contributed by atoms with Crippen LogP contribution in [-0.4, -0.2) is 57.4 Å². The van der Waals surface area contributed by atoms with Crippen LogP contribution in [0.5, 0.6) is 0 Å². The van der Waals surface area contributed by atoms with E-state index in [9.17, 15) is 52.7 Å². The Bertz CT molecular complexity index is 488.